The fourth-order valence-electron chi connectivity index (χ4n) is 3.00. The molecule has 2 atom stereocenters. The Morgan fingerprint density at radius 2 is 1.59 bits per heavy atom. The Kier molecular flexibility index (Phi) is 9.35. The summed E-state index contributed by atoms with van der Waals surface area (Å²) in [5.41, 5.74) is -1.23. The molecule has 0 heterocycles. The van der Waals surface area contributed by atoms with Gasteiger partial charge in [-0.05, 0) is 50.3 Å². The van der Waals surface area contributed by atoms with Crippen molar-refractivity contribution in [1.29, 1.82) is 0 Å². The van der Waals surface area contributed by atoms with E-state index in [0.717, 1.165) is 0 Å². The van der Waals surface area contributed by atoms with Gasteiger partial charge in [-0.2, -0.15) is 0 Å². The fraction of sp³-hybridized carbons (Fsp3) is 0.565. The number of halogens is 1. The summed E-state index contributed by atoms with van der Waals surface area (Å²) in [5.74, 6) is -3.38. The average molecular weight is 453 g/mol. The lowest BCUT2D eigenvalue weighted by Gasteiger charge is -2.34. The van der Waals surface area contributed by atoms with Crippen molar-refractivity contribution in [3.05, 3.63) is 35.6 Å². The second kappa shape index (κ2) is 11.1. The number of carboxylic acid groups (broad SMARTS) is 1. The van der Waals surface area contributed by atoms with Crippen LogP contribution in [-0.4, -0.2) is 47.6 Å². The summed E-state index contributed by atoms with van der Waals surface area (Å²) in [7, 11) is 0. The zero-order valence-corrected chi connectivity index (χ0v) is 19.5. The van der Waals surface area contributed by atoms with Crippen LogP contribution in [0.3, 0.4) is 0 Å². The second-order valence-electron chi connectivity index (χ2n) is 9.15. The van der Waals surface area contributed by atoms with Crippen LogP contribution in [-0.2, 0) is 29.3 Å². The van der Waals surface area contributed by atoms with Gasteiger partial charge in [-0.15, -0.1) is 0 Å². The molecule has 2 amide bonds. The van der Waals surface area contributed by atoms with Gasteiger partial charge in [-0.1, -0.05) is 32.9 Å². The minimum absolute atomic E-state index is 0.0730. The minimum Gasteiger partial charge on any atom is -0.481 e. The zero-order chi connectivity index (χ0) is 24.7. The highest BCUT2D eigenvalue weighted by Gasteiger charge is 2.39. The minimum atomic E-state index is -1.16. The largest absolute Gasteiger partial charge is 0.481 e. The molecule has 178 valence electrons. The van der Waals surface area contributed by atoms with Gasteiger partial charge in [0.15, 0.2) is 0 Å². The van der Waals surface area contributed by atoms with Crippen molar-refractivity contribution in [1.82, 2.24) is 10.6 Å². The fourth-order valence-corrected chi connectivity index (χ4v) is 3.00. The molecular weight excluding hydrogens is 419 g/mol. The van der Waals surface area contributed by atoms with Crippen LogP contribution in [0.1, 0.15) is 59.9 Å². The van der Waals surface area contributed by atoms with Crippen molar-refractivity contribution in [3.8, 4) is 0 Å². The van der Waals surface area contributed by atoms with Crippen LogP contribution < -0.4 is 10.6 Å². The first kappa shape index (κ1) is 27.1. The first-order valence-corrected chi connectivity index (χ1v) is 10.5. The predicted molar refractivity (Wildman–Crippen MR) is 116 cm³/mol. The van der Waals surface area contributed by atoms with Crippen LogP contribution in [0, 0.1) is 11.2 Å². The first-order valence-electron chi connectivity index (χ1n) is 10.5. The molecule has 1 aromatic carbocycles. The van der Waals surface area contributed by atoms with E-state index in [0.29, 0.717) is 5.56 Å². The van der Waals surface area contributed by atoms with Gasteiger partial charge in [0.1, 0.15) is 17.9 Å². The Hall–Kier alpha value is -2.97. The normalized spacial score (nSPS) is 13.6. The van der Waals surface area contributed by atoms with Gasteiger partial charge >= 0.3 is 11.9 Å². The number of rotatable bonds is 10. The van der Waals surface area contributed by atoms with E-state index in [1.165, 1.54) is 24.3 Å². The van der Waals surface area contributed by atoms with Crippen LogP contribution in [0.25, 0.3) is 0 Å². The van der Waals surface area contributed by atoms with Crippen molar-refractivity contribution in [3.63, 3.8) is 0 Å². The number of aliphatic carboxylic acids is 1. The van der Waals surface area contributed by atoms with Crippen LogP contribution in [0.4, 0.5) is 4.39 Å². The molecule has 0 aliphatic heterocycles. The maximum absolute atomic E-state index is 13.3. The van der Waals surface area contributed by atoms with E-state index in [9.17, 15) is 23.6 Å². The number of benzene rings is 1. The third-order valence-corrected chi connectivity index (χ3v) is 5.07. The Bertz CT molecular complexity index is 830. The van der Waals surface area contributed by atoms with Crippen molar-refractivity contribution < 1.29 is 33.4 Å². The second-order valence-corrected chi connectivity index (χ2v) is 9.15. The summed E-state index contributed by atoms with van der Waals surface area (Å²) in [6, 6.07) is 3.32. The Labute approximate surface area is 187 Å². The molecule has 9 heteroatoms. The number of hydrogen-bond acceptors (Lipinski definition) is 5. The van der Waals surface area contributed by atoms with Gasteiger partial charge in [0.2, 0.25) is 11.8 Å². The molecule has 3 N–H and O–H groups in total. The van der Waals surface area contributed by atoms with E-state index < -0.39 is 52.5 Å². The highest BCUT2D eigenvalue weighted by Crippen LogP contribution is 2.26. The van der Waals surface area contributed by atoms with E-state index in [2.05, 4.69) is 10.6 Å². The number of hydrogen-bond donors (Lipinski definition) is 3. The number of nitrogens with one attached hydrogen (secondary N) is 2. The molecule has 0 bridgehead atoms. The van der Waals surface area contributed by atoms with E-state index in [-0.39, 0.29) is 19.4 Å². The van der Waals surface area contributed by atoms with Gasteiger partial charge in [-0.3, -0.25) is 14.4 Å². The number of carbonyl (C=O) groups is 4. The summed E-state index contributed by atoms with van der Waals surface area (Å²) in [6.45, 7) is 10.2. The average Bonchev–Trinajstić information content (AvgIpc) is 2.68. The first-order chi connectivity index (χ1) is 14.7. The van der Waals surface area contributed by atoms with Gasteiger partial charge in [-0.25, -0.2) is 9.18 Å². The standard InChI is InChI=1S/C23H33FN2O6/c1-7-32-20(30)16(12-13-17(27)28)25-19(29)18(22(2,3)4)26-21(31)23(5,6)14-8-10-15(24)11-9-14/h8-11,16,18H,7,12-13H2,1-6H3,(H,25,29)(H,26,31)(H,27,28)/t16-,18-/m1/s1. The monoisotopic (exact) mass is 452 g/mol. The molecule has 0 radical (unpaired) electrons. The molecule has 0 unspecified atom stereocenters. The molecule has 0 aliphatic rings. The smallest absolute Gasteiger partial charge is 0.328 e. The Balaban J connectivity index is 3.08. The lowest BCUT2D eigenvalue weighted by Crippen LogP contribution is -2.59. The third-order valence-electron chi connectivity index (χ3n) is 5.07. The molecule has 0 saturated carbocycles. The van der Waals surface area contributed by atoms with Crippen molar-refractivity contribution >= 4 is 23.8 Å². The SMILES string of the molecule is CCOC(=O)[C@@H](CCC(=O)O)NC(=O)[C@@H](NC(=O)C(C)(C)c1ccc(F)cc1)C(C)(C)C. The molecular formula is C23H33FN2O6. The highest BCUT2D eigenvalue weighted by molar-refractivity contribution is 5.94. The molecule has 0 spiro atoms. The topological polar surface area (TPSA) is 122 Å². The summed E-state index contributed by atoms with van der Waals surface area (Å²) in [4.78, 5) is 49.3. The van der Waals surface area contributed by atoms with Crippen LogP contribution in [0.5, 0.6) is 0 Å². The third kappa shape index (κ3) is 7.62. The Morgan fingerprint density at radius 3 is 2.06 bits per heavy atom. The number of esters is 1. The number of ether oxygens (including phenoxy) is 1. The lowest BCUT2D eigenvalue weighted by molar-refractivity contribution is -0.148. The highest BCUT2D eigenvalue weighted by atomic mass is 19.1. The van der Waals surface area contributed by atoms with E-state index in [1.807, 2.05) is 0 Å². The summed E-state index contributed by atoms with van der Waals surface area (Å²) >= 11 is 0. The molecule has 32 heavy (non-hydrogen) atoms. The van der Waals surface area contributed by atoms with Crippen LogP contribution >= 0.6 is 0 Å². The molecule has 0 aliphatic carbocycles. The van der Waals surface area contributed by atoms with Crippen molar-refractivity contribution in [2.24, 2.45) is 5.41 Å². The van der Waals surface area contributed by atoms with Crippen LogP contribution in [0.2, 0.25) is 0 Å². The molecule has 0 saturated heterocycles. The predicted octanol–water partition coefficient (Wildman–Crippen LogP) is 2.55. The molecule has 0 aromatic heterocycles. The maximum atomic E-state index is 13.3. The van der Waals surface area contributed by atoms with Crippen molar-refractivity contribution in [2.75, 3.05) is 6.61 Å². The molecule has 1 aromatic rings. The zero-order valence-electron chi connectivity index (χ0n) is 19.5. The van der Waals surface area contributed by atoms with E-state index in [4.69, 9.17) is 9.84 Å². The summed E-state index contributed by atoms with van der Waals surface area (Å²) in [6.07, 6.45) is -0.486. The van der Waals surface area contributed by atoms with Gasteiger partial charge in [0, 0.05) is 6.42 Å². The quantitative estimate of drug-likeness (QED) is 0.469. The van der Waals surface area contributed by atoms with Crippen molar-refractivity contribution in [2.45, 2.75) is 71.9 Å². The van der Waals surface area contributed by atoms with Crippen LogP contribution in [0.15, 0.2) is 24.3 Å². The number of amides is 2. The summed E-state index contributed by atoms with van der Waals surface area (Å²) in [5, 5.41) is 14.2. The maximum Gasteiger partial charge on any atom is 0.328 e. The molecule has 8 nitrogen and oxygen atoms in total. The van der Waals surface area contributed by atoms with Gasteiger partial charge in [0.05, 0.1) is 12.0 Å². The molecule has 1 rings (SSSR count). The number of carboxylic acids is 1. The van der Waals surface area contributed by atoms with E-state index >= 15 is 0 Å². The Morgan fingerprint density at radius 1 is 1.03 bits per heavy atom. The summed E-state index contributed by atoms with van der Waals surface area (Å²) < 4.78 is 18.2. The molecule has 0 fully saturated rings. The number of carbonyl (C=O) groups excluding carboxylic acids is 3. The van der Waals surface area contributed by atoms with Gasteiger partial charge in [0.25, 0.3) is 0 Å². The van der Waals surface area contributed by atoms with E-state index in [1.54, 1.807) is 41.5 Å². The van der Waals surface area contributed by atoms with Gasteiger partial charge < -0.3 is 20.5 Å². The lowest BCUT2D eigenvalue weighted by atomic mass is 9.81.